The van der Waals surface area contributed by atoms with Gasteiger partial charge in [0.15, 0.2) is 0 Å². The van der Waals surface area contributed by atoms with E-state index in [0.717, 1.165) is 22.3 Å². The van der Waals surface area contributed by atoms with Crippen molar-refractivity contribution in [3.05, 3.63) is 69.8 Å². The number of rotatable bonds is 11. The fraction of sp³-hybridized carbons (Fsp3) is 0.516. The van der Waals surface area contributed by atoms with Gasteiger partial charge in [-0.25, -0.2) is 8.78 Å². The van der Waals surface area contributed by atoms with Crippen LogP contribution in [0.5, 0.6) is 5.75 Å². The quantitative estimate of drug-likeness (QED) is 0.330. The maximum absolute atomic E-state index is 15.8. The summed E-state index contributed by atoms with van der Waals surface area (Å²) in [7, 11) is 3.29. The summed E-state index contributed by atoms with van der Waals surface area (Å²) in [4.78, 5) is 16.6. The standard InChI is InChI=1S/C31H39F3N2O3/c1-19(31(37)38-5)18-36-20(2)15-25-24-17-23(33)8-7-22(24)16-26(25)30(36)29-21(3)28(10-9-27(29)34)39-14-13-35(4)12-6-11-32/h7-10,17,19-20,30H,6,11-16,18H2,1-5H3/t19-,20-,30+/m1/s1. The van der Waals surface area contributed by atoms with E-state index in [1.807, 2.05) is 31.9 Å². The third-order valence-electron chi connectivity index (χ3n) is 8.07. The molecule has 2 aromatic rings. The summed E-state index contributed by atoms with van der Waals surface area (Å²) in [5, 5.41) is 0. The lowest BCUT2D eigenvalue weighted by atomic mass is 9.83. The third-order valence-corrected chi connectivity index (χ3v) is 8.07. The number of nitrogens with zero attached hydrogens (tertiary/aromatic N) is 2. The van der Waals surface area contributed by atoms with Crippen LogP contribution in [0, 0.1) is 24.5 Å². The zero-order valence-electron chi connectivity index (χ0n) is 23.5. The fourth-order valence-electron chi connectivity index (χ4n) is 5.98. The number of halogens is 3. The first kappa shape index (κ1) is 29.2. The Hall–Kier alpha value is -2.84. The molecule has 0 saturated carbocycles. The number of carbonyl (C=O) groups excluding carboxylic acids is 1. The SMILES string of the molecule is COC(=O)[C@H](C)CN1[C@H](C)CC2=C(Cc3ccc(F)cc32)[C@H]1c1c(F)ccc(OCCN(C)CCCF)c1C. The fourth-order valence-corrected chi connectivity index (χ4v) is 5.98. The second-order valence-corrected chi connectivity index (χ2v) is 10.8. The minimum atomic E-state index is -0.443. The molecule has 0 radical (unpaired) electrons. The first-order chi connectivity index (χ1) is 18.7. The van der Waals surface area contributed by atoms with E-state index in [1.165, 1.54) is 19.2 Å². The lowest BCUT2D eigenvalue weighted by Crippen LogP contribution is -2.45. The van der Waals surface area contributed by atoms with Gasteiger partial charge in [0.1, 0.15) is 24.0 Å². The van der Waals surface area contributed by atoms with Gasteiger partial charge in [0.25, 0.3) is 0 Å². The first-order valence-electron chi connectivity index (χ1n) is 13.7. The summed E-state index contributed by atoms with van der Waals surface area (Å²) in [6.07, 6.45) is 1.74. The molecule has 1 aliphatic carbocycles. The van der Waals surface area contributed by atoms with Crippen LogP contribution >= 0.6 is 0 Å². The average Bonchev–Trinajstić information content (AvgIpc) is 3.26. The Morgan fingerprint density at radius 3 is 2.69 bits per heavy atom. The number of benzene rings is 2. The van der Waals surface area contributed by atoms with Crippen molar-refractivity contribution in [2.24, 2.45) is 5.92 Å². The highest BCUT2D eigenvalue weighted by Gasteiger charge is 2.42. The van der Waals surface area contributed by atoms with Crippen LogP contribution in [0.1, 0.15) is 55.0 Å². The Bertz CT molecular complexity index is 1230. The molecule has 0 amide bonds. The van der Waals surface area contributed by atoms with E-state index in [2.05, 4.69) is 11.8 Å². The molecule has 0 aromatic heterocycles. The van der Waals surface area contributed by atoms with Gasteiger partial charge in [-0.3, -0.25) is 14.1 Å². The Balaban J connectivity index is 1.73. The molecular weight excluding hydrogens is 505 g/mol. The average molecular weight is 545 g/mol. The minimum absolute atomic E-state index is 0.0254. The van der Waals surface area contributed by atoms with Gasteiger partial charge in [-0.05, 0) is 92.3 Å². The van der Waals surface area contributed by atoms with Gasteiger partial charge in [-0.2, -0.15) is 0 Å². The van der Waals surface area contributed by atoms with Crippen LogP contribution in [0.3, 0.4) is 0 Å². The molecule has 8 heteroatoms. The minimum Gasteiger partial charge on any atom is -0.492 e. The van der Waals surface area contributed by atoms with E-state index in [4.69, 9.17) is 9.47 Å². The van der Waals surface area contributed by atoms with Crippen LogP contribution in [0.15, 0.2) is 35.9 Å². The van der Waals surface area contributed by atoms with E-state index in [1.54, 1.807) is 12.1 Å². The number of methoxy groups -OCH3 is 1. The normalized spacial score (nSPS) is 19.7. The number of carbonyl (C=O) groups is 1. The van der Waals surface area contributed by atoms with Crippen molar-refractivity contribution in [3.8, 4) is 5.75 Å². The maximum Gasteiger partial charge on any atom is 0.309 e. The summed E-state index contributed by atoms with van der Waals surface area (Å²) in [5.74, 6) is -0.769. The summed E-state index contributed by atoms with van der Waals surface area (Å²) in [5.41, 5.74) is 5.24. The van der Waals surface area contributed by atoms with Gasteiger partial charge in [-0.1, -0.05) is 13.0 Å². The highest BCUT2D eigenvalue weighted by atomic mass is 19.1. The Kier molecular flexibility index (Phi) is 9.39. The molecule has 1 heterocycles. The number of hydrogen-bond donors (Lipinski definition) is 0. The molecule has 3 atom stereocenters. The molecule has 39 heavy (non-hydrogen) atoms. The summed E-state index contributed by atoms with van der Waals surface area (Å²) < 4.78 is 53.7. The highest BCUT2D eigenvalue weighted by molar-refractivity contribution is 5.79. The van der Waals surface area contributed by atoms with Crippen molar-refractivity contribution in [2.45, 2.75) is 52.1 Å². The number of likely N-dealkylation sites (N-methyl/N-ethyl adjacent to an activating group) is 1. The maximum atomic E-state index is 15.8. The second kappa shape index (κ2) is 12.6. The molecule has 2 aromatic carbocycles. The molecule has 2 aliphatic rings. The van der Waals surface area contributed by atoms with E-state index in [-0.39, 0.29) is 30.3 Å². The zero-order chi connectivity index (χ0) is 28.3. The molecule has 1 aliphatic heterocycles. The van der Waals surface area contributed by atoms with Crippen LogP contribution in [-0.4, -0.2) is 68.9 Å². The lowest BCUT2D eigenvalue weighted by Gasteiger charge is -2.43. The van der Waals surface area contributed by atoms with Gasteiger partial charge in [-0.15, -0.1) is 0 Å². The summed E-state index contributed by atoms with van der Waals surface area (Å²) >= 11 is 0. The molecule has 0 spiro atoms. The van der Waals surface area contributed by atoms with Crippen molar-refractivity contribution in [1.82, 2.24) is 9.80 Å². The number of hydrogen-bond acceptors (Lipinski definition) is 5. The predicted octanol–water partition coefficient (Wildman–Crippen LogP) is 5.90. The van der Waals surface area contributed by atoms with Crippen molar-refractivity contribution in [2.75, 3.05) is 47.1 Å². The molecule has 4 rings (SSSR count). The van der Waals surface area contributed by atoms with Crippen molar-refractivity contribution >= 4 is 11.5 Å². The van der Waals surface area contributed by atoms with Gasteiger partial charge in [0.2, 0.25) is 0 Å². The third kappa shape index (κ3) is 6.17. The van der Waals surface area contributed by atoms with E-state index in [0.29, 0.717) is 62.4 Å². The Morgan fingerprint density at radius 2 is 1.97 bits per heavy atom. The van der Waals surface area contributed by atoms with Crippen LogP contribution in [0.2, 0.25) is 0 Å². The van der Waals surface area contributed by atoms with Gasteiger partial charge in [0, 0.05) is 31.2 Å². The Morgan fingerprint density at radius 1 is 1.21 bits per heavy atom. The topological polar surface area (TPSA) is 42.0 Å². The van der Waals surface area contributed by atoms with E-state index in [9.17, 15) is 13.6 Å². The van der Waals surface area contributed by atoms with Gasteiger partial charge >= 0.3 is 5.97 Å². The Labute approximate surface area is 229 Å². The smallest absolute Gasteiger partial charge is 0.309 e. The molecule has 0 bridgehead atoms. The zero-order valence-corrected chi connectivity index (χ0v) is 23.5. The van der Waals surface area contributed by atoms with Crippen molar-refractivity contribution in [3.63, 3.8) is 0 Å². The predicted molar refractivity (Wildman–Crippen MR) is 146 cm³/mol. The monoisotopic (exact) mass is 544 g/mol. The van der Waals surface area contributed by atoms with Crippen molar-refractivity contribution in [1.29, 1.82) is 0 Å². The first-order valence-corrected chi connectivity index (χ1v) is 13.7. The second-order valence-electron chi connectivity index (χ2n) is 10.8. The van der Waals surface area contributed by atoms with E-state index < -0.39 is 12.0 Å². The van der Waals surface area contributed by atoms with Crippen LogP contribution in [0.4, 0.5) is 13.2 Å². The van der Waals surface area contributed by atoms with Crippen LogP contribution in [0.25, 0.3) is 5.57 Å². The van der Waals surface area contributed by atoms with Crippen LogP contribution < -0.4 is 4.74 Å². The molecule has 0 fully saturated rings. The molecule has 212 valence electrons. The molecule has 0 unspecified atom stereocenters. The number of fused-ring (bicyclic) bond motifs is 2. The highest BCUT2D eigenvalue weighted by Crippen LogP contribution is 2.50. The van der Waals surface area contributed by atoms with Gasteiger partial charge < -0.3 is 14.4 Å². The van der Waals surface area contributed by atoms with Crippen LogP contribution in [-0.2, 0) is 16.0 Å². The molecule has 5 nitrogen and oxygen atoms in total. The summed E-state index contributed by atoms with van der Waals surface area (Å²) in [6, 6.07) is 7.48. The largest absolute Gasteiger partial charge is 0.492 e. The van der Waals surface area contributed by atoms with E-state index >= 15 is 4.39 Å². The molecule has 0 saturated heterocycles. The number of alkyl halides is 1. The molecule has 0 N–H and O–H groups in total. The van der Waals surface area contributed by atoms with Crippen molar-refractivity contribution < 1.29 is 27.4 Å². The lowest BCUT2D eigenvalue weighted by molar-refractivity contribution is -0.145. The van der Waals surface area contributed by atoms with Gasteiger partial charge in [0.05, 0.1) is 25.7 Å². The number of ether oxygens (including phenoxy) is 2. The number of esters is 1. The summed E-state index contributed by atoms with van der Waals surface area (Å²) in [6.45, 7) is 7.43. The molecular formula is C31H39F3N2O3.